The molecule has 1 rings (SSSR count). The molecule has 1 aromatic rings. The van der Waals surface area contributed by atoms with Gasteiger partial charge >= 0.3 is 0 Å². The van der Waals surface area contributed by atoms with Gasteiger partial charge in [0, 0.05) is 10.6 Å². The summed E-state index contributed by atoms with van der Waals surface area (Å²) in [6.45, 7) is 2.25. The predicted molar refractivity (Wildman–Crippen MR) is 67.7 cm³/mol. The summed E-state index contributed by atoms with van der Waals surface area (Å²) in [5.74, 6) is 2.49. The van der Waals surface area contributed by atoms with Gasteiger partial charge in [0.15, 0.2) is 0 Å². The van der Waals surface area contributed by atoms with Gasteiger partial charge in [0.25, 0.3) is 0 Å². The zero-order chi connectivity index (χ0) is 9.52. The van der Waals surface area contributed by atoms with Crippen molar-refractivity contribution in [3.05, 3.63) is 20.8 Å². The van der Waals surface area contributed by atoms with Crippen LogP contribution in [0.3, 0.4) is 0 Å². The van der Waals surface area contributed by atoms with Crippen LogP contribution in [0.15, 0.2) is 15.9 Å². The molecule has 1 heterocycles. The van der Waals surface area contributed by atoms with Gasteiger partial charge in [-0.15, -0.1) is 11.3 Å². The highest BCUT2D eigenvalue weighted by molar-refractivity contribution is 9.11. The summed E-state index contributed by atoms with van der Waals surface area (Å²) in [6.07, 6.45) is 4.07. The van der Waals surface area contributed by atoms with Crippen LogP contribution < -0.4 is 0 Å². The van der Waals surface area contributed by atoms with Gasteiger partial charge in [-0.1, -0.05) is 19.8 Å². The molecule has 13 heavy (non-hydrogen) atoms. The molecule has 1 aromatic heterocycles. The van der Waals surface area contributed by atoms with Gasteiger partial charge in [0.05, 0.1) is 3.79 Å². The Labute approximate surface area is 97.3 Å². The van der Waals surface area contributed by atoms with Crippen LogP contribution in [0.1, 0.15) is 31.1 Å². The second-order valence-electron chi connectivity index (χ2n) is 2.97. The van der Waals surface area contributed by atoms with E-state index in [0.717, 1.165) is 0 Å². The molecule has 0 amide bonds. The Hall–Kier alpha value is 0.530. The molecule has 0 aliphatic carbocycles. The third kappa shape index (κ3) is 5.08. The lowest BCUT2D eigenvalue weighted by Crippen LogP contribution is -1.80. The molecule has 3 heteroatoms. The van der Waals surface area contributed by atoms with Crippen LogP contribution in [0, 0.1) is 0 Å². The minimum absolute atomic E-state index is 1.18. The summed E-state index contributed by atoms with van der Waals surface area (Å²) in [4.78, 5) is 1.48. The van der Waals surface area contributed by atoms with Crippen molar-refractivity contribution < 1.29 is 0 Å². The van der Waals surface area contributed by atoms with Gasteiger partial charge in [-0.3, -0.25) is 0 Å². The monoisotopic (exact) mass is 278 g/mol. The normalized spacial score (nSPS) is 10.6. The van der Waals surface area contributed by atoms with Gasteiger partial charge < -0.3 is 0 Å². The number of rotatable bonds is 6. The fraction of sp³-hybridized carbons (Fsp3) is 0.600. The van der Waals surface area contributed by atoms with Crippen LogP contribution in [-0.4, -0.2) is 5.75 Å². The number of thiophene rings is 1. The smallest absolute Gasteiger partial charge is 0.0701 e. The first-order valence-corrected chi connectivity index (χ1v) is 7.41. The van der Waals surface area contributed by atoms with Crippen LogP contribution in [-0.2, 0) is 5.75 Å². The highest BCUT2D eigenvalue weighted by atomic mass is 79.9. The van der Waals surface area contributed by atoms with E-state index in [4.69, 9.17) is 0 Å². The molecule has 0 aliphatic heterocycles. The molecule has 0 aromatic carbocycles. The summed E-state index contributed by atoms with van der Waals surface area (Å²) in [5, 5.41) is 0. The highest BCUT2D eigenvalue weighted by Gasteiger charge is 1.97. The Morgan fingerprint density at radius 1 is 1.38 bits per heavy atom. The van der Waals surface area contributed by atoms with Crippen LogP contribution in [0.25, 0.3) is 0 Å². The molecule has 0 bridgehead atoms. The van der Waals surface area contributed by atoms with Crippen molar-refractivity contribution in [1.29, 1.82) is 0 Å². The van der Waals surface area contributed by atoms with E-state index < -0.39 is 0 Å². The largest absolute Gasteiger partial charge is 0.156 e. The van der Waals surface area contributed by atoms with E-state index >= 15 is 0 Å². The number of hydrogen-bond acceptors (Lipinski definition) is 2. The van der Waals surface area contributed by atoms with E-state index in [9.17, 15) is 0 Å². The topological polar surface area (TPSA) is 0 Å². The Balaban J connectivity index is 2.06. The Morgan fingerprint density at radius 2 is 2.23 bits per heavy atom. The molecule has 0 radical (unpaired) electrons. The first-order valence-electron chi connectivity index (χ1n) is 4.65. The lowest BCUT2D eigenvalue weighted by atomic mass is 10.3. The summed E-state index contributed by atoms with van der Waals surface area (Å²) >= 11 is 7.37. The van der Waals surface area contributed by atoms with Crippen LogP contribution >= 0.6 is 39.0 Å². The van der Waals surface area contributed by atoms with E-state index in [-0.39, 0.29) is 0 Å². The molecule has 0 aliphatic rings. The van der Waals surface area contributed by atoms with Gasteiger partial charge in [-0.25, -0.2) is 0 Å². The summed E-state index contributed by atoms with van der Waals surface area (Å²) in [6, 6.07) is 4.34. The van der Waals surface area contributed by atoms with Crippen molar-refractivity contribution in [2.24, 2.45) is 0 Å². The van der Waals surface area contributed by atoms with E-state index in [1.54, 1.807) is 0 Å². The van der Waals surface area contributed by atoms with Crippen molar-refractivity contribution >= 4 is 39.0 Å². The summed E-state index contributed by atoms with van der Waals surface area (Å²) in [5.41, 5.74) is 0. The fourth-order valence-corrected chi connectivity index (χ4v) is 3.67. The Kier molecular flexibility index (Phi) is 6.16. The van der Waals surface area contributed by atoms with E-state index in [0.29, 0.717) is 0 Å². The molecule has 0 saturated heterocycles. The maximum Gasteiger partial charge on any atom is 0.0701 e. The number of thioether (sulfide) groups is 1. The second-order valence-corrected chi connectivity index (χ2v) is 6.62. The average molecular weight is 279 g/mol. The van der Waals surface area contributed by atoms with Crippen LogP contribution in [0.2, 0.25) is 0 Å². The standard InChI is InChI=1S/C10H15BrS2/c1-2-3-4-7-12-8-9-5-6-10(11)13-9/h5-6H,2-4,7-8H2,1H3. The maximum absolute atomic E-state index is 3.48. The number of halogens is 1. The molecule has 0 atom stereocenters. The molecule has 0 fully saturated rings. The molecule has 0 saturated carbocycles. The lowest BCUT2D eigenvalue weighted by molar-refractivity contribution is 0.778. The van der Waals surface area contributed by atoms with Crippen molar-refractivity contribution in [2.45, 2.75) is 31.9 Å². The molecule has 0 spiro atoms. The first kappa shape index (κ1) is 11.6. The van der Waals surface area contributed by atoms with Gasteiger partial charge in [0.2, 0.25) is 0 Å². The van der Waals surface area contributed by atoms with Crippen molar-refractivity contribution in [3.63, 3.8) is 0 Å². The molecular weight excluding hydrogens is 264 g/mol. The van der Waals surface area contributed by atoms with E-state index in [1.165, 1.54) is 39.4 Å². The highest BCUT2D eigenvalue weighted by Crippen LogP contribution is 2.25. The number of unbranched alkanes of at least 4 members (excludes halogenated alkanes) is 2. The van der Waals surface area contributed by atoms with E-state index in [2.05, 4.69) is 35.0 Å². The third-order valence-electron chi connectivity index (χ3n) is 1.77. The lowest BCUT2D eigenvalue weighted by Gasteiger charge is -1.97. The third-order valence-corrected chi connectivity index (χ3v) is 4.66. The molecular formula is C10H15BrS2. The minimum Gasteiger partial charge on any atom is -0.156 e. The molecule has 0 N–H and O–H groups in total. The SMILES string of the molecule is CCCCCSCc1ccc(Br)s1. The van der Waals surface area contributed by atoms with Crippen LogP contribution in [0.4, 0.5) is 0 Å². The summed E-state index contributed by atoms with van der Waals surface area (Å²) < 4.78 is 1.25. The maximum atomic E-state index is 3.48. The average Bonchev–Trinajstić information content (AvgIpc) is 2.51. The minimum atomic E-state index is 1.18. The van der Waals surface area contributed by atoms with Crippen molar-refractivity contribution in [3.8, 4) is 0 Å². The van der Waals surface area contributed by atoms with Crippen LogP contribution in [0.5, 0.6) is 0 Å². The fourth-order valence-electron chi connectivity index (χ4n) is 1.06. The zero-order valence-corrected chi connectivity index (χ0v) is 11.1. The second kappa shape index (κ2) is 6.91. The Bertz CT molecular complexity index is 233. The Morgan fingerprint density at radius 3 is 2.85 bits per heavy atom. The van der Waals surface area contributed by atoms with Crippen molar-refractivity contribution in [2.75, 3.05) is 5.75 Å². The number of hydrogen-bond donors (Lipinski definition) is 0. The molecule has 0 unspecified atom stereocenters. The summed E-state index contributed by atoms with van der Waals surface area (Å²) in [7, 11) is 0. The quantitative estimate of drug-likeness (QED) is 0.665. The molecule has 0 nitrogen and oxygen atoms in total. The van der Waals surface area contributed by atoms with Gasteiger partial charge in [-0.2, -0.15) is 11.8 Å². The zero-order valence-electron chi connectivity index (χ0n) is 7.88. The predicted octanol–water partition coefficient (Wildman–Crippen LogP) is 4.93. The van der Waals surface area contributed by atoms with E-state index in [1.807, 2.05) is 23.1 Å². The molecule has 74 valence electrons. The first-order chi connectivity index (χ1) is 6.33. The van der Waals surface area contributed by atoms with Gasteiger partial charge in [-0.05, 0) is 40.2 Å². The van der Waals surface area contributed by atoms with Crippen molar-refractivity contribution in [1.82, 2.24) is 0 Å². The van der Waals surface area contributed by atoms with Gasteiger partial charge in [0.1, 0.15) is 0 Å².